The van der Waals surface area contributed by atoms with Gasteiger partial charge in [0.1, 0.15) is 11.7 Å². The molecule has 0 bridgehead atoms. The largest absolute Gasteiger partial charge is 0.457 e. The molecule has 0 radical (unpaired) electrons. The minimum Gasteiger partial charge on any atom is -0.457 e. The normalized spacial score (nSPS) is 29.6. The number of ether oxygens (including phenoxy) is 4. The van der Waals surface area contributed by atoms with Crippen LogP contribution in [0.3, 0.4) is 0 Å². The van der Waals surface area contributed by atoms with E-state index in [1.165, 1.54) is 24.0 Å². The van der Waals surface area contributed by atoms with Crippen LogP contribution in [0, 0.1) is 11.8 Å². The minimum absolute atomic E-state index is 0.0468. The van der Waals surface area contributed by atoms with E-state index in [0.29, 0.717) is 89.9 Å². The summed E-state index contributed by atoms with van der Waals surface area (Å²) in [5.74, 6) is -2.42. The minimum atomic E-state index is -1.39. The van der Waals surface area contributed by atoms with Crippen LogP contribution in [0.25, 0.3) is 0 Å². The maximum Gasteiger partial charge on any atom is 0.410 e. The van der Waals surface area contributed by atoms with E-state index in [9.17, 15) is 44.1 Å². The topological polar surface area (TPSA) is 225 Å². The summed E-state index contributed by atoms with van der Waals surface area (Å²) in [5, 5.41) is 35.2. The number of imide groups is 1. The molecule has 17 nitrogen and oxygen atoms in total. The van der Waals surface area contributed by atoms with Crippen molar-refractivity contribution in [2.24, 2.45) is 11.8 Å². The number of nitrogens with one attached hydrogen (secondary N) is 1. The molecule has 4 amide bonds. The molecule has 4 aliphatic rings. The molecule has 4 heterocycles. The number of unbranched alkanes of at least 4 members (excludes halogenated alkanes) is 2. The molecule has 10 atom stereocenters. The molecule has 2 saturated heterocycles. The second-order valence-electron chi connectivity index (χ2n) is 18.2. The van der Waals surface area contributed by atoms with Crippen LogP contribution in [-0.2, 0) is 42.9 Å². The first kappa shape index (κ1) is 52.2. The van der Waals surface area contributed by atoms with Gasteiger partial charge in [-0.2, -0.15) is 0 Å². The molecule has 0 aromatic carbocycles. The van der Waals surface area contributed by atoms with Gasteiger partial charge in [0.2, 0.25) is 5.91 Å². The zero-order chi connectivity index (χ0) is 47.2. The van der Waals surface area contributed by atoms with Gasteiger partial charge in [-0.1, -0.05) is 51.5 Å². The number of cyclic esters (lactones) is 1. The van der Waals surface area contributed by atoms with Gasteiger partial charge in [0.25, 0.3) is 11.8 Å². The van der Waals surface area contributed by atoms with Crippen LogP contribution in [0.15, 0.2) is 48.1 Å². The van der Waals surface area contributed by atoms with E-state index < -0.39 is 59.6 Å². The molecular weight excluding hydrogens is 829 g/mol. The highest BCUT2D eigenvalue weighted by atomic mass is 16.6. The monoisotopic (exact) mass is 901 g/mol. The van der Waals surface area contributed by atoms with Gasteiger partial charge >= 0.3 is 18.0 Å². The van der Waals surface area contributed by atoms with Crippen molar-refractivity contribution in [3.05, 3.63) is 48.1 Å². The summed E-state index contributed by atoms with van der Waals surface area (Å²) in [6, 6.07) is 0. The highest BCUT2D eigenvalue weighted by Crippen LogP contribution is 2.38. The molecule has 4 rings (SSSR count). The van der Waals surface area contributed by atoms with Gasteiger partial charge in [0.15, 0.2) is 6.10 Å². The molecule has 0 aliphatic carbocycles. The number of aliphatic hydroxyl groups excluding tert-OH is 2. The SMILES string of the molecule is CC[C@H](O)[C@@H](C)[C@H]1O[C@@H]1C[C@@](C)(O)/C=C/C=C(\C)[C@H]1OC(=O)C[C@H](O)CC[C@@](C)(OC(C)=O)[C@@H](OC(=O)N2CCN(CCNC(=O)CCCCCN3C(=O)C=CC3=O)CC2)/C=C/[C@@H]1C. The fraction of sp³-hybridized carbons (Fsp3) is 0.702. The van der Waals surface area contributed by atoms with Crippen LogP contribution >= 0.6 is 0 Å². The van der Waals surface area contributed by atoms with Crippen LogP contribution in [0.2, 0.25) is 0 Å². The van der Waals surface area contributed by atoms with Crippen molar-refractivity contribution in [3.8, 4) is 0 Å². The summed E-state index contributed by atoms with van der Waals surface area (Å²) in [4.78, 5) is 80.0. The van der Waals surface area contributed by atoms with E-state index in [-0.39, 0.29) is 55.1 Å². The molecule has 2 fully saturated rings. The highest BCUT2D eigenvalue weighted by Gasteiger charge is 2.47. The van der Waals surface area contributed by atoms with E-state index in [1.54, 1.807) is 56.1 Å². The van der Waals surface area contributed by atoms with Crippen molar-refractivity contribution in [1.82, 2.24) is 20.0 Å². The zero-order valence-corrected chi connectivity index (χ0v) is 38.7. The Balaban J connectivity index is 1.33. The number of carbonyl (C=O) groups is 6. The third-order valence-corrected chi connectivity index (χ3v) is 12.5. The van der Waals surface area contributed by atoms with Crippen LogP contribution in [0.4, 0.5) is 4.79 Å². The Labute approximate surface area is 377 Å². The third kappa shape index (κ3) is 16.2. The lowest BCUT2D eigenvalue weighted by Gasteiger charge is -2.39. The lowest BCUT2D eigenvalue weighted by Crippen LogP contribution is -2.53. The summed E-state index contributed by atoms with van der Waals surface area (Å²) in [5.41, 5.74) is -1.95. The Morgan fingerprint density at radius 1 is 1.05 bits per heavy atom. The lowest BCUT2D eigenvalue weighted by molar-refractivity contribution is -0.168. The van der Waals surface area contributed by atoms with Gasteiger partial charge in [0, 0.05) is 89.6 Å². The standard InChI is InChI=1S/C47H72N4O13/c1-8-36(54)33(4)44-37(61-44)30-46(6,60)20-12-13-31(2)43-32(3)15-16-38(47(7,64-34(5)52)21-19-35(53)29-42(58)63-43)62-45(59)50-27-25-49(26-28-50)24-22-48-39(55)14-10-9-11-23-51-40(56)17-18-41(51)57/h12-13,15-18,20,32-33,35-38,43-44,53-54,60H,8-11,14,19,21-30H2,1-7H3,(H,48,55)/b16-15+,20-12+,31-13+/t32-,33+,35+,36-,37+,38-,43+,44+,46-,47+/m0/s1. The van der Waals surface area contributed by atoms with E-state index in [0.717, 1.165) is 0 Å². The average molecular weight is 901 g/mol. The predicted molar refractivity (Wildman–Crippen MR) is 236 cm³/mol. The Hall–Kier alpha value is -4.42. The van der Waals surface area contributed by atoms with Crippen molar-refractivity contribution in [2.45, 2.75) is 154 Å². The van der Waals surface area contributed by atoms with Crippen molar-refractivity contribution >= 4 is 35.8 Å². The van der Waals surface area contributed by atoms with Crippen LogP contribution < -0.4 is 5.32 Å². The summed E-state index contributed by atoms with van der Waals surface area (Å²) in [7, 11) is 0. The number of hydrogen-bond donors (Lipinski definition) is 4. The van der Waals surface area contributed by atoms with Crippen molar-refractivity contribution in [3.63, 3.8) is 0 Å². The van der Waals surface area contributed by atoms with E-state index >= 15 is 0 Å². The smallest absolute Gasteiger partial charge is 0.410 e. The summed E-state index contributed by atoms with van der Waals surface area (Å²) in [6.45, 7) is 15.2. The molecule has 0 unspecified atom stereocenters. The molecule has 0 aromatic rings. The number of aliphatic hydroxyl groups is 3. The number of esters is 2. The molecule has 17 heteroatoms. The first-order valence-corrected chi connectivity index (χ1v) is 22.9. The Morgan fingerprint density at radius 3 is 2.39 bits per heavy atom. The van der Waals surface area contributed by atoms with Crippen LogP contribution in [-0.4, -0.2) is 159 Å². The molecule has 0 aromatic heterocycles. The fourth-order valence-electron chi connectivity index (χ4n) is 8.39. The van der Waals surface area contributed by atoms with Crippen LogP contribution in [0.1, 0.15) is 106 Å². The Morgan fingerprint density at radius 2 is 1.73 bits per heavy atom. The van der Waals surface area contributed by atoms with E-state index in [1.807, 2.05) is 20.8 Å². The van der Waals surface area contributed by atoms with Crippen molar-refractivity contribution < 1.29 is 63.0 Å². The number of piperazine rings is 1. The second kappa shape index (κ2) is 24.2. The molecule has 358 valence electrons. The third-order valence-electron chi connectivity index (χ3n) is 12.5. The van der Waals surface area contributed by atoms with Gasteiger partial charge in [-0.3, -0.25) is 33.8 Å². The van der Waals surface area contributed by atoms with Gasteiger partial charge in [-0.15, -0.1) is 0 Å². The first-order chi connectivity index (χ1) is 30.2. The van der Waals surface area contributed by atoms with Gasteiger partial charge < -0.3 is 44.5 Å². The number of hydrogen-bond acceptors (Lipinski definition) is 14. The first-order valence-electron chi connectivity index (χ1n) is 22.9. The van der Waals surface area contributed by atoms with Crippen molar-refractivity contribution in [2.75, 3.05) is 45.8 Å². The molecular formula is C47H72N4O13. The average Bonchev–Trinajstić information content (AvgIpc) is 3.92. The number of rotatable bonds is 19. The summed E-state index contributed by atoms with van der Waals surface area (Å²) >= 11 is 0. The maximum absolute atomic E-state index is 13.7. The number of amides is 4. The molecule has 0 saturated carbocycles. The number of epoxide rings is 1. The Bertz CT molecular complexity index is 1740. The molecule has 4 N–H and O–H groups in total. The fourth-order valence-corrected chi connectivity index (χ4v) is 8.39. The number of carbonyl (C=O) groups excluding carboxylic acids is 6. The zero-order valence-electron chi connectivity index (χ0n) is 38.7. The van der Waals surface area contributed by atoms with E-state index in [2.05, 4.69) is 10.2 Å². The van der Waals surface area contributed by atoms with E-state index in [4.69, 9.17) is 18.9 Å². The van der Waals surface area contributed by atoms with Crippen molar-refractivity contribution in [1.29, 1.82) is 0 Å². The van der Waals surface area contributed by atoms with Gasteiger partial charge in [-0.25, -0.2) is 4.79 Å². The summed E-state index contributed by atoms with van der Waals surface area (Å²) < 4.78 is 23.6. The number of nitrogens with zero attached hydrogens (tertiary/aromatic N) is 3. The summed E-state index contributed by atoms with van der Waals surface area (Å²) in [6.07, 6.45) is 9.72. The quantitative estimate of drug-likeness (QED) is 0.0277. The highest BCUT2D eigenvalue weighted by molar-refractivity contribution is 6.12. The lowest BCUT2D eigenvalue weighted by atomic mass is 9.88. The van der Waals surface area contributed by atoms with Gasteiger partial charge in [-0.05, 0) is 64.5 Å². The van der Waals surface area contributed by atoms with Crippen LogP contribution in [0.5, 0.6) is 0 Å². The van der Waals surface area contributed by atoms with Gasteiger partial charge in [0.05, 0.1) is 36.4 Å². The number of allylic oxidation sites excluding steroid dienone is 2. The molecule has 64 heavy (non-hydrogen) atoms. The Kier molecular flexibility index (Phi) is 19.7. The molecule has 4 aliphatic heterocycles. The predicted octanol–water partition coefficient (Wildman–Crippen LogP) is 3.50. The molecule has 0 spiro atoms. The second-order valence-corrected chi connectivity index (χ2v) is 18.2. The maximum atomic E-state index is 13.7.